The molecule has 22 heavy (non-hydrogen) atoms. The second-order valence-electron chi connectivity index (χ2n) is 4.37. The molecule has 0 aliphatic rings. The Labute approximate surface area is 129 Å². The summed E-state index contributed by atoms with van der Waals surface area (Å²) in [5, 5.41) is 10.2. The summed E-state index contributed by atoms with van der Waals surface area (Å²) in [5.41, 5.74) is 0.488. The molecule has 7 heteroatoms. The number of halogens is 2. The number of aromatic nitrogens is 2. The Morgan fingerprint density at radius 3 is 2.77 bits per heavy atom. The number of hydrogen-bond acceptors (Lipinski definition) is 5. The molecule has 112 valence electrons. The second-order valence-corrected chi connectivity index (χ2v) is 4.78. The normalized spacial score (nSPS) is 10.7. The molecule has 1 aromatic heterocycles. The molecule has 0 amide bonds. The Hall–Kier alpha value is -2.60. The highest BCUT2D eigenvalue weighted by Crippen LogP contribution is 2.36. The first-order chi connectivity index (χ1) is 10.6. The maximum Gasteiger partial charge on any atom is 0.230 e. The molecular weight excluding hydrogens is 311 g/mol. The van der Waals surface area contributed by atoms with Crippen molar-refractivity contribution in [2.75, 3.05) is 7.11 Å². The molecule has 1 heterocycles. The summed E-state index contributed by atoms with van der Waals surface area (Å²) in [6, 6.07) is 7.33. The molecule has 0 aliphatic heterocycles. The molecule has 0 radical (unpaired) electrons. The largest absolute Gasteiger partial charge is 0.504 e. The van der Waals surface area contributed by atoms with Gasteiger partial charge in [0.2, 0.25) is 5.88 Å². The molecule has 0 fully saturated rings. The summed E-state index contributed by atoms with van der Waals surface area (Å²) in [6.45, 7) is 0. The van der Waals surface area contributed by atoms with Crippen LogP contribution in [0.4, 0.5) is 4.39 Å². The first-order valence-electron chi connectivity index (χ1n) is 6.23. The van der Waals surface area contributed by atoms with Gasteiger partial charge in [0, 0.05) is 6.07 Å². The fraction of sp³-hybridized carbons (Fsp3) is 0.0667. The van der Waals surface area contributed by atoms with Crippen molar-refractivity contribution in [3.63, 3.8) is 0 Å². The molecule has 0 aliphatic carbocycles. The number of phenols is 1. The van der Waals surface area contributed by atoms with Gasteiger partial charge in [0.1, 0.15) is 6.33 Å². The average molecular weight is 321 g/mol. The molecular formula is C15H10ClFN2O3. The van der Waals surface area contributed by atoms with Crippen molar-refractivity contribution in [3.8, 4) is 23.1 Å². The van der Waals surface area contributed by atoms with Crippen LogP contribution >= 0.6 is 11.6 Å². The van der Waals surface area contributed by atoms with E-state index < -0.39 is 5.82 Å². The van der Waals surface area contributed by atoms with E-state index in [0.717, 1.165) is 0 Å². The lowest BCUT2D eigenvalue weighted by atomic mass is 10.2. The Bertz CT molecular complexity index is 858. The number of ether oxygens (including phenoxy) is 2. The van der Waals surface area contributed by atoms with Crippen LogP contribution in [0.1, 0.15) is 0 Å². The lowest BCUT2D eigenvalue weighted by Gasteiger charge is -2.10. The zero-order valence-electron chi connectivity index (χ0n) is 11.4. The monoisotopic (exact) mass is 320 g/mol. The number of nitrogens with zero attached hydrogens (tertiary/aromatic N) is 2. The Morgan fingerprint density at radius 2 is 2.00 bits per heavy atom. The lowest BCUT2D eigenvalue weighted by molar-refractivity contribution is 0.374. The van der Waals surface area contributed by atoms with Crippen molar-refractivity contribution in [1.29, 1.82) is 0 Å². The lowest BCUT2D eigenvalue weighted by Crippen LogP contribution is -1.94. The summed E-state index contributed by atoms with van der Waals surface area (Å²) in [7, 11) is 1.43. The molecule has 0 unspecified atom stereocenters. The van der Waals surface area contributed by atoms with Crippen LogP contribution in [-0.2, 0) is 0 Å². The highest BCUT2D eigenvalue weighted by atomic mass is 35.5. The molecule has 3 aromatic rings. The third kappa shape index (κ3) is 2.48. The maximum atomic E-state index is 13.9. The minimum atomic E-state index is -0.686. The molecule has 0 atom stereocenters. The smallest absolute Gasteiger partial charge is 0.230 e. The van der Waals surface area contributed by atoms with Gasteiger partial charge in [-0.05, 0) is 18.2 Å². The van der Waals surface area contributed by atoms with E-state index in [1.807, 2.05) is 0 Å². The third-order valence-corrected chi connectivity index (χ3v) is 3.31. The van der Waals surface area contributed by atoms with Gasteiger partial charge in [0.25, 0.3) is 0 Å². The number of phenolic OH excluding ortho intramolecular Hbond substituents is 1. The van der Waals surface area contributed by atoms with Gasteiger partial charge in [-0.1, -0.05) is 17.7 Å². The summed E-state index contributed by atoms with van der Waals surface area (Å²) < 4.78 is 24.4. The van der Waals surface area contributed by atoms with Gasteiger partial charge in [-0.3, -0.25) is 0 Å². The van der Waals surface area contributed by atoms with Crippen molar-refractivity contribution in [1.82, 2.24) is 9.97 Å². The van der Waals surface area contributed by atoms with Crippen LogP contribution < -0.4 is 9.47 Å². The van der Waals surface area contributed by atoms with Gasteiger partial charge >= 0.3 is 0 Å². The number of benzene rings is 2. The van der Waals surface area contributed by atoms with Crippen molar-refractivity contribution in [2.45, 2.75) is 0 Å². The molecule has 5 nitrogen and oxygen atoms in total. The van der Waals surface area contributed by atoms with Crippen LogP contribution in [0.15, 0.2) is 36.7 Å². The predicted molar refractivity (Wildman–Crippen MR) is 79.2 cm³/mol. The SMILES string of the molecule is COc1cc2ncnc(Oc3cccc(Cl)c3F)c2cc1O. The van der Waals surface area contributed by atoms with Crippen molar-refractivity contribution >= 4 is 22.5 Å². The van der Waals surface area contributed by atoms with Crippen LogP contribution in [0, 0.1) is 5.82 Å². The topological polar surface area (TPSA) is 64.5 Å². The number of hydrogen-bond donors (Lipinski definition) is 1. The number of fused-ring (bicyclic) bond motifs is 1. The van der Waals surface area contributed by atoms with Crippen LogP contribution in [0.25, 0.3) is 10.9 Å². The minimum absolute atomic E-state index is 0.0552. The van der Waals surface area contributed by atoms with Crippen molar-refractivity contribution in [2.24, 2.45) is 0 Å². The van der Waals surface area contributed by atoms with Crippen LogP contribution in [-0.4, -0.2) is 22.2 Å². The van der Waals surface area contributed by atoms with E-state index in [-0.39, 0.29) is 28.2 Å². The van der Waals surface area contributed by atoms with Gasteiger partial charge < -0.3 is 14.6 Å². The fourth-order valence-corrected chi connectivity index (χ4v) is 2.13. The summed E-state index contributed by atoms with van der Waals surface area (Å²) >= 11 is 5.72. The van der Waals surface area contributed by atoms with Crippen molar-refractivity contribution in [3.05, 3.63) is 47.5 Å². The van der Waals surface area contributed by atoms with Gasteiger partial charge in [0.05, 0.1) is 23.0 Å². The van der Waals surface area contributed by atoms with Crippen LogP contribution in [0.2, 0.25) is 5.02 Å². The Kier molecular flexibility index (Phi) is 3.68. The van der Waals surface area contributed by atoms with E-state index in [2.05, 4.69) is 9.97 Å². The standard InChI is InChI=1S/C15H10ClFN2O3/c1-21-13-6-10-8(5-11(13)20)15(19-7-18-10)22-12-4-2-3-9(16)14(12)17/h2-7,20H,1H3. The Balaban J connectivity index is 2.11. The zero-order valence-corrected chi connectivity index (χ0v) is 12.1. The molecule has 0 bridgehead atoms. The number of methoxy groups -OCH3 is 1. The van der Waals surface area contributed by atoms with E-state index in [0.29, 0.717) is 10.9 Å². The number of rotatable bonds is 3. The van der Waals surface area contributed by atoms with E-state index in [4.69, 9.17) is 21.1 Å². The Morgan fingerprint density at radius 1 is 1.18 bits per heavy atom. The fourth-order valence-electron chi connectivity index (χ4n) is 1.96. The first-order valence-corrected chi connectivity index (χ1v) is 6.61. The molecule has 0 saturated carbocycles. The van der Waals surface area contributed by atoms with Crippen LogP contribution in [0.5, 0.6) is 23.1 Å². The van der Waals surface area contributed by atoms with Gasteiger partial charge in [0.15, 0.2) is 23.1 Å². The molecule has 0 spiro atoms. The van der Waals surface area contributed by atoms with E-state index in [1.54, 1.807) is 6.07 Å². The van der Waals surface area contributed by atoms with E-state index in [1.165, 1.54) is 37.7 Å². The quantitative estimate of drug-likeness (QED) is 0.792. The maximum absolute atomic E-state index is 13.9. The summed E-state index contributed by atoms with van der Waals surface area (Å²) in [4.78, 5) is 8.05. The second kappa shape index (κ2) is 5.65. The highest BCUT2D eigenvalue weighted by Gasteiger charge is 2.14. The first kappa shape index (κ1) is 14.3. The van der Waals surface area contributed by atoms with Gasteiger partial charge in [-0.25, -0.2) is 14.4 Å². The third-order valence-electron chi connectivity index (χ3n) is 3.02. The minimum Gasteiger partial charge on any atom is -0.504 e. The zero-order chi connectivity index (χ0) is 15.7. The molecule has 2 aromatic carbocycles. The van der Waals surface area contributed by atoms with E-state index >= 15 is 0 Å². The average Bonchev–Trinajstić information content (AvgIpc) is 2.52. The van der Waals surface area contributed by atoms with Gasteiger partial charge in [-0.15, -0.1) is 0 Å². The molecule has 0 saturated heterocycles. The molecule has 3 rings (SSSR count). The van der Waals surface area contributed by atoms with Gasteiger partial charge in [-0.2, -0.15) is 0 Å². The number of aromatic hydroxyl groups is 1. The van der Waals surface area contributed by atoms with Crippen LogP contribution in [0.3, 0.4) is 0 Å². The van der Waals surface area contributed by atoms with Crippen molar-refractivity contribution < 1.29 is 19.0 Å². The summed E-state index contributed by atoms with van der Waals surface area (Å²) in [5.74, 6) is -0.479. The van der Waals surface area contributed by atoms with E-state index in [9.17, 15) is 9.50 Å². The summed E-state index contributed by atoms with van der Waals surface area (Å²) in [6.07, 6.45) is 1.27. The molecule has 1 N–H and O–H groups in total. The predicted octanol–water partition coefficient (Wildman–Crippen LogP) is 3.93. The highest BCUT2D eigenvalue weighted by molar-refractivity contribution is 6.30.